The summed E-state index contributed by atoms with van der Waals surface area (Å²) >= 11 is 0. The molecule has 0 saturated carbocycles. The Morgan fingerprint density at radius 2 is 0.824 bits per heavy atom. The Morgan fingerprint density at radius 1 is 0.471 bits per heavy atom. The van der Waals surface area contributed by atoms with E-state index in [0.717, 1.165) is 6.42 Å². The summed E-state index contributed by atoms with van der Waals surface area (Å²) in [6, 6.07) is 4.79. The van der Waals surface area contributed by atoms with Gasteiger partial charge >= 0.3 is 0 Å². The molecule has 1 aromatic heterocycles. The van der Waals surface area contributed by atoms with Crippen LogP contribution in [0.3, 0.4) is 0 Å². The molecule has 0 atom stereocenters. The van der Waals surface area contributed by atoms with Gasteiger partial charge in [-0.2, -0.15) is 0 Å². The van der Waals surface area contributed by atoms with Gasteiger partial charge in [-0.1, -0.05) is 143 Å². The number of aryl methyl sites for hydroxylation is 3. The molecule has 0 aliphatic carbocycles. The van der Waals surface area contributed by atoms with E-state index in [2.05, 4.69) is 32.9 Å². The summed E-state index contributed by atoms with van der Waals surface area (Å²) in [6.45, 7) is 8.64. The molecular formula is C33H60N. The second-order valence-electron chi connectivity index (χ2n) is 10.8. The lowest BCUT2D eigenvalue weighted by molar-refractivity contribution is 0.553. The summed E-state index contributed by atoms with van der Waals surface area (Å²) in [5.74, 6) is 0. The zero-order valence-corrected chi connectivity index (χ0v) is 23.5. The van der Waals surface area contributed by atoms with E-state index >= 15 is 0 Å². The predicted octanol–water partition coefficient (Wildman–Crippen LogP) is 11.2. The number of rotatable bonds is 25. The van der Waals surface area contributed by atoms with E-state index in [1.807, 2.05) is 0 Å². The molecule has 1 heteroatoms. The Balaban J connectivity index is 2.24. The van der Waals surface area contributed by atoms with Gasteiger partial charge in [0.2, 0.25) is 0 Å². The van der Waals surface area contributed by atoms with Crippen molar-refractivity contribution < 1.29 is 0 Å². The number of nitrogens with zero attached hydrogens (tertiary/aromatic N) is 1. The molecule has 34 heavy (non-hydrogen) atoms. The second kappa shape index (κ2) is 23.9. The van der Waals surface area contributed by atoms with Gasteiger partial charge in [0, 0.05) is 11.4 Å². The predicted molar refractivity (Wildman–Crippen MR) is 154 cm³/mol. The van der Waals surface area contributed by atoms with Gasteiger partial charge in [0.1, 0.15) is 0 Å². The fraction of sp³-hybridized carbons (Fsp3) is 0.818. The quantitative estimate of drug-likeness (QED) is 0.129. The number of unbranched alkanes of at least 4 members (excludes halogenated alkanes) is 19. The van der Waals surface area contributed by atoms with Gasteiger partial charge in [0.05, 0.1) is 0 Å². The summed E-state index contributed by atoms with van der Waals surface area (Å²) in [6.07, 6.45) is 33.8. The molecule has 0 N–H and O–H groups in total. The Kier molecular flexibility index (Phi) is 21.9. The number of aromatic nitrogens is 1. The number of hydrogen-bond donors (Lipinski definition) is 0. The van der Waals surface area contributed by atoms with E-state index in [9.17, 15) is 0 Å². The molecule has 0 aliphatic rings. The van der Waals surface area contributed by atoms with Gasteiger partial charge < -0.3 is 0 Å². The Morgan fingerprint density at radius 3 is 1.18 bits per heavy atom. The molecule has 0 saturated heterocycles. The average Bonchev–Trinajstić information content (AvgIpc) is 2.85. The van der Waals surface area contributed by atoms with Crippen LogP contribution in [0.25, 0.3) is 0 Å². The molecule has 1 radical (unpaired) electrons. The second-order valence-corrected chi connectivity index (χ2v) is 10.8. The SMILES string of the molecule is [CH2]CCCc1cc(CCCCCCCCCCCC)nc(CCCCCCCCCCCC)c1. The van der Waals surface area contributed by atoms with Crippen LogP contribution in [-0.2, 0) is 19.3 Å². The minimum absolute atomic E-state index is 1.03. The Bertz CT molecular complexity index is 507. The van der Waals surface area contributed by atoms with E-state index in [1.165, 1.54) is 171 Å². The third-order valence-corrected chi connectivity index (χ3v) is 7.28. The van der Waals surface area contributed by atoms with Crippen molar-refractivity contribution in [3.05, 3.63) is 36.0 Å². The molecule has 1 nitrogen and oxygen atoms in total. The van der Waals surface area contributed by atoms with Crippen molar-refractivity contribution in [3.8, 4) is 0 Å². The Labute approximate surface area is 215 Å². The summed E-state index contributed by atoms with van der Waals surface area (Å²) < 4.78 is 0. The highest BCUT2D eigenvalue weighted by atomic mass is 14.7. The molecule has 1 rings (SSSR count). The molecule has 1 aromatic rings. The highest BCUT2D eigenvalue weighted by Crippen LogP contribution is 2.17. The summed E-state index contributed by atoms with van der Waals surface area (Å²) in [5.41, 5.74) is 4.20. The standard InChI is InChI=1S/C33H60N/c1-4-7-10-12-14-16-18-20-22-24-27-32-29-31(26-9-6-3)30-33(34-32)28-25-23-21-19-17-15-13-11-8-5-2/h29-30H,3-28H2,1-2H3. The minimum Gasteiger partial charge on any atom is -0.258 e. The van der Waals surface area contributed by atoms with Crippen LogP contribution in [0.4, 0.5) is 0 Å². The smallest absolute Gasteiger partial charge is 0.0409 e. The van der Waals surface area contributed by atoms with Crippen LogP contribution in [0.2, 0.25) is 0 Å². The molecule has 0 aliphatic heterocycles. The summed E-state index contributed by atoms with van der Waals surface area (Å²) in [5, 5.41) is 0. The summed E-state index contributed by atoms with van der Waals surface area (Å²) in [4.78, 5) is 5.08. The average molecular weight is 471 g/mol. The first-order valence-corrected chi connectivity index (χ1v) is 15.6. The normalized spacial score (nSPS) is 11.4. The third-order valence-electron chi connectivity index (χ3n) is 7.28. The van der Waals surface area contributed by atoms with E-state index in [0.29, 0.717) is 0 Å². The minimum atomic E-state index is 1.03. The summed E-state index contributed by atoms with van der Waals surface area (Å²) in [7, 11) is 0. The van der Waals surface area contributed by atoms with E-state index < -0.39 is 0 Å². The van der Waals surface area contributed by atoms with Crippen LogP contribution in [0.15, 0.2) is 12.1 Å². The highest BCUT2D eigenvalue weighted by molar-refractivity contribution is 5.22. The lowest BCUT2D eigenvalue weighted by Gasteiger charge is -2.10. The lowest BCUT2D eigenvalue weighted by Crippen LogP contribution is -2.00. The van der Waals surface area contributed by atoms with Gasteiger partial charge in [-0.3, -0.25) is 4.98 Å². The van der Waals surface area contributed by atoms with Gasteiger partial charge in [0.25, 0.3) is 0 Å². The van der Waals surface area contributed by atoms with Gasteiger partial charge in [-0.05, 0) is 56.2 Å². The van der Waals surface area contributed by atoms with E-state index in [4.69, 9.17) is 4.98 Å². The van der Waals surface area contributed by atoms with Crippen LogP contribution in [0.5, 0.6) is 0 Å². The zero-order valence-electron chi connectivity index (χ0n) is 23.5. The maximum atomic E-state index is 5.08. The topological polar surface area (TPSA) is 12.9 Å². The fourth-order valence-electron chi connectivity index (χ4n) is 5.04. The molecule has 0 aromatic carbocycles. The molecular weight excluding hydrogens is 410 g/mol. The number of pyridine rings is 1. The van der Waals surface area contributed by atoms with Gasteiger partial charge in [0.15, 0.2) is 0 Å². The van der Waals surface area contributed by atoms with Crippen molar-refractivity contribution in [3.63, 3.8) is 0 Å². The van der Waals surface area contributed by atoms with Crippen LogP contribution < -0.4 is 0 Å². The van der Waals surface area contributed by atoms with Gasteiger partial charge in [-0.15, -0.1) is 0 Å². The monoisotopic (exact) mass is 470 g/mol. The first-order chi connectivity index (χ1) is 16.8. The third kappa shape index (κ3) is 18.5. The van der Waals surface area contributed by atoms with Crippen molar-refractivity contribution in [1.82, 2.24) is 4.98 Å². The number of hydrogen-bond acceptors (Lipinski definition) is 1. The molecule has 0 amide bonds. The van der Waals surface area contributed by atoms with Crippen LogP contribution in [0, 0.1) is 6.92 Å². The molecule has 0 fully saturated rings. The highest BCUT2D eigenvalue weighted by Gasteiger charge is 2.05. The van der Waals surface area contributed by atoms with Crippen molar-refractivity contribution in [2.45, 2.75) is 174 Å². The van der Waals surface area contributed by atoms with Crippen LogP contribution in [-0.4, -0.2) is 4.98 Å². The van der Waals surface area contributed by atoms with E-state index in [1.54, 1.807) is 0 Å². The van der Waals surface area contributed by atoms with Gasteiger partial charge in [-0.25, -0.2) is 0 Å². The van der Waals surface area contributed by atoms with Crippen LogP contribution in [0.1, 0.15) is 172 Å². The van der Waals surface area contributed by atoms with Crippen molar-refractivity contribution in [2.75, 3.05) is 0 Å². The molecule has 0 spiro atoms. The van der Waals surface area contributed by atoms with Crippen LogP contribution >= 0.6 is 0 Å². The first-order valence-electron chi connectivity index (χ1n) is 15.6. The molecule has 197 valence electrons. The fourth-order valence-corrected chi connectivity index (χ4v) is 5.04. The van der Waals surface area contributed by atoms with E-state index in [-0.39, 0.29) is 0 Å². The molecule has 0 unspecified atom stereocenters. The maximum absolute atomic E-state index is 5.08. The first kappa shape index (κ1) is 31.2. The zero-order chi connectivity index (χ0) is 24.5. The van der Waals surface area contributed by atoms with Crippen molar-refractivity contribution in [1.29, 1.82) is 0 Å². The lowest BCUT2D eigenvalue weighted by atomic mass is 10.0. The van der Waals surface area contributed by atoms with Crippen molar-refractivity contribution >= 4 is 0 Å². The van der Waals surface area contributed by atoms with Crippen molar-refractivity contribution in [2.24, 2.45) is 0 Å². The maximum Gasteiger partial charge on any atom is 0.0409 e. The molecule has 1 heterocycles. The Hall–Kier alpha value is -0.850. The molecule has 0 bridgehead atoms. The largest absolute Gasteiger partial charge is 0.258 e.